The molecule has 1 fully saturated rings. The Hall–Kier alpha value is -1.43. The van der Waals surface area contributed by atoms with Gasteiger partial charge in [-0.1, -0.05) is 52.8 Å². The van der Waals surface area contributed by atoms with Crippen molar-refractivity contribution >= 4 is 37.0 Å². The number of amides is 1. The Kier molecular flexibility index (Phi) is 15.1. The molecule has 0 aromatic carbocycles. The second kappa shape index (κ2) is 17.4. The van der Waals surface area contributed by atoms with Crippen LogP contribution in [0.1, 0.15) is 73.5 Å². The fourth-order valence-electron chi connectivity index (χ4n) is 4.21. The topological polar surface area (TPSA) is 118 Å². The summed E-state index contributed by atoms with van der Waals surface area (Å²) in [4.78, 5) is 39.2. The molecule has 39 heavy (non-hydrogen) atoms. The number of alkyl halides is 1. The maximum absolute atomic E-state index is 15.9. The van der Waals surface area contributed by atoms with E-state index in [1.165, 1.54) is 30.9 Å². The van der Waals surface area contributed by atoms with Gasteiger partial charge in [0.25, 0.3) is 0 Å². The number of rotatable bonds is 17. The maximum Gasteiger partial charge on any atom is 0.351 e. The van der Waals surface area contributed by atoms with Gasteiger partial charge in [0.1, 0.15) is 11.9 Å². The summed E-state index contributed by atoms with van der Waals surface area (Å²) in [5.41, 5.74) is -0.666. The molecule has 222 valence electrons. The minimum Gasteiger partial charge on any atom is -0.378 e. The van der Waals surface area contributed by atoms with Crippen LogP contribution in [0.3, 0.4) is 0 Å². The third kappa shape index (κ3) is 10.5. The molecule has 6 unspecified atom stereocenters. The van der Waals surface area contributed by atoms with Gasteiger partial charge < -0.3 is 23.8 Å². The fourth-order valence-corrected chi connectivity index (χ4v) is 6.78. The van der Waals surface area contributed by atoms with Gasteiger partial charge in [-0.3, -0.25) is 14.2 Å². The summed E-state index contributed by atoms with van der Waals surface area (Å²) in [5, 5.41) is 2.58. The van der Waals surface area contributed by atoms with Gasteiger partial charge in [-0.15, -0.1) is 0 Å². The average Bonchev–Trinajstić information content (AvgIpc) is 3.17. The number of ether oxygens (including phenoxy) is 2. The number of nitrogens with one attached hydrogen (secondary N) is 1. The van der Waals surface area contributed by atoms with Crippen molar-refractivity contribution in [2.45, 2.75) is 97.5 Å². The Morgan fingerprint density at radius 1 is 1.26 bits per heavy atom. The summed E-state index contributed by atoms with van der Waals surface area (Å²) in [6, 6.07) is 1.43. The predicted octanol–water partition coefficient (Wildman–Crippen LogP) is 5.07. The van der Waals surface area contributed by atoms with Gasteiger partial charge in [-0.25, -0.2) is 9.18 Å². The van der Waals surface area contributed by atoms with Gasteiger partial charge >= 0.3 is 5.69 Å². The van der Waals surface area contributed by atoms with Gasteiger partial charge in [0.2, 0.25) is 5.91 Å². The smallest absolute Gasteiger partial charge is 0.351 e. The van der Waals surface area contributed by atoms with E-state index < -0.39 is 38.7 Å². The van der Waals surface area contributed by atoms with Crippen LogP contribution in [0.15, 0.2) is 17.1 Å². The molecule has 13 heteroatoms. The van der Waals surface area contributed by atoms with Gasteiger partial charge in [0.15, 0.2) is 25.9 Å². The number of hydrogen-bond acceptors (Lipinski definition) is 9. The van der Waals surface area contributed by atoms with Crippen LogP contribution in [0.5, 0.6) is 0 Å². The zero-order valence-electron chi connectivity index (χ0n) is 23.8. The molecule has 0 spiro atoms. The van der Waals surface area contributed by atoms with Gasteiger partial charge in [0, 0.05) is 31.0 Å². The Morgan fingerprint density at radius 2 is 2.00 bits per heavy atom. The van der Waals surface area contributed by atoms with Crippen molar-refractivity contribution in [3.8, 4) is 0 Å². The molecule has 1 aromatic rings. The van der Waals surface area contributed by atoms with Crippen molar-refractivity contribution in [3.05, 3.63) is 22.7 Å². The molecular formula is C26H43FN3O7PS. The van der Waals surface area contributed by atoms with E-state index in [0.29, 0.717) is 31.8 Å². The Bertz CT molecular complexity index is 970. The van der Waals surface area contributed by atoms with Crippen LogP contribution in [0.25, 0.3) is 0 Å². The molecule has 0 bridgehead atoms. The predicted molar refractivity (Wildman–Crippen MR) is 152 cm³/mol. The first kappa shape index (κ1) is 33.8. The molecule has 2 rings (SSSR count). The van der Waals surface area contributed by atoms with Gasteiger partial charge in [0.05, 0.1) is 25.9 Å². The highest BCUT2D eigenvalue weighted by atomic mass is 32.2. The minimum atomic E-state index is -1.63. The summed E-state index contributed by atoms with van der Waals surface area (Å²) in [5.74, 6) is 0.557. The lowest BCUT2D eigenvalue weighted by atomic mass is 10.1. The lowest BCUT2D eigenvalue weighted by molar-refractivity contribution is -0.114. The molecule has 0 radical (unpaired) electrons. The Labute approximate surface area is 236 Å². The number of hydrogen-bond donors (Lipinski definition) is 1. The second-order valence-corrected chi connectivity index (χ2v) is 12.4. The Balaban J connectivity index is 2.12. The zero-order chi connectivity index (χ0) is 28.9. The van der Waals surface area contributed by atoms with Crippen molar-refractivity contribution in [3.63, 3.8) is 0 Å². The highest BCUT2D eigenvalue weighted by Gasteiger charge is 2.49. The van der Waals surface area contributed by atoms with Crippen LogP contribution in [-0.2, 0) is 28.1 Å². The molecule has 6 atom stereocenters. The molecule has 0 aliphatic carbocycles. The Morgan fingerprint density at radius 3 is 2.59 bits per heavy atom. The number of carbonyl (C=O) groups is 2. The van der Waals surface area contributed by atoms with E-state index in [4.69, 9.17) is 18.5 Å². The van der Waals surface area contributed by atoms with Crippen LogP contribution in [0.4, 0.5) is 10.2 Å². The summed E-state index contributed by atoms with van der Waals surface area (Å²) in [7, 11) is -1.50. The highest BCUT2D eigenvalue weighted by Crippen LogP contribution is 2.52. The molecule has 1 aromatic heterocycles. The summed E-state index contributed by atoms with van der Waals surface area (Å²) >= 11 is 1.25. The van der Waals surface area contributed by atoms with Crippen LogP contribution >= 0.6 is 20.1 Å². The molecule has 1 aliphatic heterocycles. The van der Waals surface area contributed by atoms with E-state index in [1.807, 2.05) is 13.8 Å². The number of anilines is 1. The summed E-state index contributed by atoms with van der Waals surface area (Å²) < 4.78 is 41.2. The first-order valence-corrected chi connectivity index (χ1v) is 15.8. The summed E-state index contributed by atoms with van der Waals surface area (Å²) in [6.45, 7) is 12.4. The number of halogens is 1. The quantitative estimate of drug-likeness (QED) is 0.196. The largest absolute Gasteiger partial charge is 0.378 e. The highest BCUT2D eigenvalue weighted by molar-refractivity contribution is 8.13. The van der Waals surface area contributed by atoms with Crippen molar-refractivity contribution < 1.29 is 32.5 Å². The fraction of sp³-hybridized carbons (Fsp3) is 0.769. The SMILES string of the molecule is CCCC1OC(n2ccc(NC(C)=O)nc2=O)C(F)C1OP(OCCOCCSC(=O)CC)C(CC)C(C)C. The van der Waals surface area contributed by atoms with Crippen LogP contribution < -0.4 is 11.0 Å². The molecule has 2 heterocycles. The third-order valence-electron chi connectivity index (χ3n) is 6.16. The van der Waals surface area contributed by atoms with E-state index in [2.05, 4.69) is 31.1 Å². The molecule has 1 N–H and O–H groups in total. The standard InChI is InChI=1S/C26H43FN3O7PS/c1-7-10-19-24(23(27)25(36-19)30-12-11-21(28-18(6)31)29-26(30)33)37-38(20(8-2)17(4)5)35-14-13-34-15-16-39-22(32)9-3/h11-12,17,19-20,23-25H,7-10,13-16H2,1-6H3,(H,28,29,31,33). The molecule has 1 saturated heterocycles. The van der Waals surface area contributed by atoms with Crippen LogP contribution in [-0.4, -0.2) is 70.2 Å². The van der Waals surface area contributed by atoms with Crippen molar-refractivity contribution in [1.29, 1.82) is 0 Å². The first-order valence-electron chi connectivity index (χ1n) is 13.6. The molecule has 1 amide bonds. The molecule has 0 saturated carbocycles. The van der Waals surface area contributed by atoms with Crippen molar-refractivity contribution in [2.75, 3.05) is 30.9 Å². The van der Waals surface area contributed by atoms with Crippen LogP contribution in [0.2, 0.25) is 0 Å². The van der Waals surface area contributed by atoms with Crippen molar-refractivity contribution in [1.82, 2.24) is 9.55 Å². The normalized spacial score (nSPS) is 22.7. The molecule has 1 aliphatic rings. The lowest BCUT2D eigenvalue weighted by Gasteiger charge is -2.32. The third-order valence-corrected chi connectivity index (χ3v) is 9.53. The van der Waals surface area contributed by atoms with E-state index in [9.17, 15) is 14.4 Å². The number of carbonyl (C=O) groups excluding carboxylic acids is 2. The van der Waals surface area contributed by atoms with Crippen molar-refractivity contribution in [2.24, 2.45) is 5.92 Å². The summed E-state index contributed by atoms with van der Waals surface area (Å²) in [6.07, 6.45) is -0.381. The zero-order valence-corrected chi connectivity index (χ0v) is 25.5. The van der Waals surface area contributed by atoms with E-state index in [1.54, 1.807) is 0 Å². The second-order valence-electron chi connectivity index (χ2n) is 9.58. The van der Waals surface area contributed by atoms with E-state index >= 15 is 4.39 Å². The monoisotopic (exact) mass is 591 g/mol. The average molecular weight is 592 g/mol. The number of nitrogens with zero attached hydrogens (tertiary/aromatic N) is 2. The van der Waals surface area contributed by atoms with E-state index in [0.717, 1.165) is 17.4 Å². The molecular weight excluding hydrogens is 548 g/mol. The molecule has 10 nitrogen and oxygen atoms in total. The lowest BCUT2D eigenvalue weighted by Crippen LogP contribution is -2.35. The minimum absolute atomic E-state index is 0.0626. The van der Waals surface area contributed by atoms with Crippen LogP contribution in [0, 0.1) is 5.92 Å². The maximum atomic E-state index is 15.9. The van der Waals surface area contributed by atoms with Gasteiger partial charge in [-0.2, -0.15) is 4.98 Å². The number of aromatic nitrogens is 2. The first-order chi connectivity index (χ1) is 18.6. The number of thioether (sulfide) groups is 1. The van der Waals surface area contributed by atoms with E-state index in [-0.39, 0.29) is 35.0 Å². The van der Waals surface area contributed by atoms with Gasteiger partial charge in [-0.05, 0) is 24.8 Å².